The standard InChI is InChI=1S/C22H32N6.HI/c1-20(19-28-13-7-11-25-28)18-24-22(23-2)27-16-14-26(15-17-27)12-6-10-21-8-4-3-5-9-21;/h3-11,13,20H,12,14-19H2,1-2H3,(H,23,24);1H/b10-6+;. The van der Waals surface area contributed by atoms with Gasteiger partial charge in [0.1, 0.15) is 0 Å². The fourth-order valence-electron chi connectivity index (χ4n) is 3.43. The fraction of sp³-hybridized carbons (Fsp3) is 0.455. The van der Waals surface area contributed by atoms with Gasteiger partial charge < -0.3 is 10.2 Å². The second kappa shape index (κ2) is 12.6. The van der Waals surface area contributed by atoms with Crippen LogP contribution in [-0.4, -0.2) is 71.9 Å². The Labute approximate surface area is 191 Å². The summed E-state index contributed by atoms with van der Waals surface area (Å²) in [5.41, 5.74) is 1.26. The highest BCUT2D eigenvalue weighted by Gasteiger charge is 2.19. The molecule has 6 nitrogen and oxygen atoms in total. The summed E-state index contributed by atoms with van der Waals surface area (Å²) in [6.07, 6.45) is 8.30. The van der Waals surface area contributed by atoms with Crippen molar-refractivity contribution in [2.45, 2.75) is 13.5 Å². The number of halogens is 1. The minimum absolute atomic E-state index is 0. The Morgan fingerprint density at radius 3 is 2.59 bits per heavy atom. The molecular weight excluding hydrogens is 475 g/mol. The third-order valence-electron chi connectivity index (χ3n) is 5.02. The molecule has 0 radical (unpaired) electrons. The molecule has 1 atom stereocenters. The summed E-state index contributed by atoms with van der Waals surface area (Å²) in [5, 5.41) is 7.82. The fourth-order valence-corrected chi connectivity index (χ4v) is 3.43. The van der Waals surface area contributed by atoms with Crippen LogP contribution < -0.4 is 5.32 Å². The Morgan fingerprint density at radius 1 is 1.17 bits per heavy atom. The maximum atomic E-state index is 4.48. The summed E-state index contributed by atoms with van der Waals surface area (Å²) in [5.74, 6) is 1.49. The average molecular weight is 508 g/mol. The van der Waals surface area contributed by atoms with Gasteiger partial charge in [0.05, 0.1) is 0 Å². The van der Waals surface area contributed by atoms with E-state index in [-0.39, 0.29) is 24.0 Å². The SMILES string of the molecule is CN=C(NCC(C)Cn1cccn1)N1CCN(C/C=C/c2ccccc2)CC1.I. The van der Waals surface area contributed by atoms with Crippen molar-refractivity contribution in [3.05, 3.63) is 60.4 Å². The molecule has 1 saturated heterocycles. The van der Waals surface area contributed by atoms with Gasteiger partial charge in [0.15, 0.2) is 5.96 Å². The first-order chi connectivity index (χ1) is 13.7. The quantitative estimate of drug-likeness (QED) is 0.355. The number of hydrogen-bond acceptors (Lipinski definition) is 3. The molecule has 1 fully saturated rings. The summed E-state index contributed by atoms with van der Waals surface area (Å²) >= 11 is 0. The third-order valence-corrected chi connectivity index (χ3v) is 5.02. The summed E-state index contributed by atoms with van der Waals surface area (Å²) in [6, 6.07) is 12.4. The molecule has 158 valence electrons. The molecule has 2 heterocycles. The zero-order valence-electron chi connectivity index (χ0n) is 17.4. The smallest absolute Gasteiger partial charge is 0.193 e. The highest BCUT2D eigenvalue weighted by atomic mass is 127. The number of rotatable bonds is 7. The normalized spacial score (nSPS) is 16.6. The van der Waals surface area contributed by atoms with Crippen LogP contribution in [0.3, 0.4) is 0 Å². The van der Waals surface area contributed by atoms with Crippen molar-refractivity contribution in [2.24, 2.45) is 10.9 Å². The number of aromatic nitrogens is 2. The second-order valence-electron chi connectivity index (χ2n) is 7.36. The molecule has 0 aliphatic carbocycles. The van der Waals surface area contributed by atoms with Gasteiger partial charge in [-0.2, -0.15) is 5.10 Å². The van der Waals surface area contributed by atoms with Gasteiger partial charge in [-0.1, -0.05) is 49.4 Å². The lowest BCUT2D eigenvalue weighted by molar-refractivity contribution is 0.194. The van der Waals surface area contributed by atoms with Crippen LogP contribution in [0.1, 0.15) is 12.5 Å². The second-order valence-corrected chi connectivity index (χ2v) is 7.36. The van der Waals surface area contributed by atoms with Gasteiger partial charge in [-0.25, -0.2) is 0 Å². The van der Waals surface area contributed by atoms with E-state index in [4.69, 9.17) is 0 Å². The molecule has 3 rings (SSSR count). The molecule has 7 heteroatoms. The van der Waals surface area contributed by atoms with Crippen LogP contribution in [-0.2, 0) is 6.54 Å². The number of nitrogens with zero attached hydrogens (tertiary/aromatic N) is 5. The van der Waals surface area contributed by atoms with Crippen LogP contribution in [0.15, 0.2) is 59.9 Å². The molecule has 2 aromatic rings. The molecule has 1 aromatic heterocycles. The molecule has 1 aliphatic rings. The zero-order chi connectivity index (χ0) is 19.6. The number of aliphatic imine (C=N–C) groups is 1. The number of piperazine rings is 1. The van der Waals surface area contributed by atoms with E-state index in [1.54, 1.807) is 0 Å². The summed E-state index contributed by atoms with van der Waals surface area (Å²) in [7, 11) is 1.87. The average Bonchev–Trinajstić information content (AvgIpc) is 3.23. The minimum Gasteiger partial charge on any atom is -0.356 e. The number of guanidine groups is 1. The Morgan fingerprint density at radius 2 is 1.93 bits per heavy atom. The first-order valence-corrected chi connectivity index (χ1v) is 10.1. The molecule has 0 amide bonds. The van der Waals surface area contributed by atoms with E-state index in [0.29, 0.717) is 5.92 Å². The lowest BCUT2D eigenvalue weighted by Gasteiger charge is -2.36. The Bertz CT molecular complexity index is 736. The van der Waals surface area contributed by atoms with E-state index in [2.05, 4.69) is 74.6 Å². The minimum atomic E-state index is 0. The number of nitrogens with one attached hydrogen (secondary N) is 1. The van der Waals surface area contributed by atoms with Crippen LogP contribution in [0.4, 0.5) is 0 Å². The zero-order valence-corrected chi connectivity index (χ0v) is 19.8. The van der Waals surface area contributed by atoms with Gasteiger partial charge in [-0.3, -0.25) is 14.6 Å². The third kappa shape index (κ3) is 7.81. The maximum absolute atomic E-state index is 4.48. The first kappa shape index (κ1) is 23.4. The Balaban J connectivity index is 0.00000300. The van der Waals surface area contributed by atoms with E-state index in [1.807, 2.05) is 30.2 Å². The molecule has 29 heavy (non-hydrogen) atoms. The van der Waals surface area contributed by atoms with Gasteiger partial charge >= 0.3 is 0 Å². The Hall–Kier alpha value is -1.87. The van der Waals surface area contributed by atoms with Gasteiger partial charge in [0.2, 0.25) is 0 Å². The molecule has 1 N–H and O–H groups in total. The van der Waals surface area contributed by atoms with Gasteiger partial charge in [-0.05, 0) is 17.5 Å². The molecule has 1 aromatic carbocycles. The lowest BCUT2D eigenvalue weighted by Crippen LogP contribution is -2.53. The summed E-state index contributed by atoms with van der Waals surface area (Å²) in [6.45, 7) is 9.17. The van der Waals surface area contributed by atoms with E-state index < -0.39 is 0 Å². The number of benzene rings is 1. The lowest BCUT2D eigenvalue weighted by atomic mass is 10.2. The monoisotopic (exact) mass is 508 g/mol. The van der Waals surface area contributed by atoms with Crippen molar-refractivity contribution in [1.29, 1.82) is 0 Å². The highest BCUT2D eigenvalue weighted by molar-refractivity contribution is 14.0. The largest absolute Gasteiger partial charge is 0.356 e. The highest BCUT2D eigenvalue weighted by Crippen LogP contribution is 2.06. The van der Waals surface area contributed by atoms with Crippen molar-refractivity contribution in [1.82, 2.24) is 24.9 Å². The van der Waals surface area contributed by atoms with Crippen molar-refractivity contribution in [3.63, 3.8) is 0 Å². The van der Waals surface area contributed by atoms with E-state index in [1.165, 1.54) is 5.56 Å². The maximum Gasteiger partial charge on any atom is 0.193 e. The van der Waals surface area contributed by atoms with Crippen LogP contribution >= 0.6 is 24.0 Å². The van der Waals surface area contributed by atoms with Gasteiger partial charge in [0, 0.05) is 65.3 Å². The van der Waals surface area contributed by atoms with Crippen LogP contribution in [0.25, 0.3) is 6.08 Å². The van der Waals surface area contributed by atoms with Crippen molar-refractivity contribution < 1.29 is 0 Å². The van der Waals surface area contributed by atoms with Crippen molar-refractivity contribution in [2.75, 3.05) is 46.3 Å². The molecule has 0 bridgehead atoms. The van der Waals surface area contributed by atoms with Crippen LogP contribution in [0, 0.1) is 5.92 Å². The summed E-state index contributed by atoms with van der Waals surface area (Å²) < 4.78 is 1.98. The first-order valence-electron chi connectivity index (χ1n) is 10.1. The van der Waals surface area contributed by atoms with Crippen molar-refractivity contribution >= 4 is 36.0 Å². The molecule has 1 unspecified atom stereocenters. The van der Waals surface area contributed by atoms with Crippen molar-refractivity contribution in [3.8, 4) is 0 Å². The molecule has 0 spiro atoms. The molecule has 1 aliphatic heterocycles. The predicted molar refractivity (Wildman–Crippen MR) is 132 cm³/mol. The molecular formula is C22H33IN6. The van der Waals surface area contributed by atoms with E-state index in [9.17, 15) is 0 Å². The Kier molecular flexibility index (Phi) is 10.2. The summed E-state index contributed by atoms with van der Waals surface area (Å²) in [4.78, 5) is 9.33. The topological polar surface area (TPSA) is 48.7 Å². The predicted octanol–water partition coefficient (Wildman–Crippen LogP) is 3.04. The van der Waals surface area contributed by atoms with E-state index in [0.717, 1.165) is 51.8 Å². The van der Waals surface area contributed by atoms with E-state index >= 15 is 0 Å². The van der Waals surface area contributed by atoms with Gasteiger partial charge in [-0.15, -0.1) is 24.0 Å². The van der Waals surface area contributed by atoms with Gasteiger partial charge in [0.25, 0.3) is 0 Å². The molecule has 0 saturated carbocycles. The van der Waals surface area contributed by atoms with Crippen LogP contribution in [0.5, 0.6) is 0 Å². The van der Waals surface area contributed by atoms with Crippen LogP contribution in [0.2, 0.25) is 0 Å². The number of hydrogen-bond donors (Lipinski definition) is 1.